The Morgan fingerprint density at radius 2 is 1.88 bits per heavy atom. The smallest absolute Gasteiger partial charge is 0.246 e. The van der Waals surface area contributed by atoms with Gasteiger partial charge >= 0.3 is 0 Å². The minimum Gasteiger partial charge on any atom is -0.382 e. The molecule has 3 aliphatic heterocycles. The number of amides is 1. The standard InChI is InChI=1S/C30H33ClFN9O/c1-5-22(42)39-11-16-7-8-17(12-39)41(16)29-19-10-20(31)24(23-15(2)6-9-21-25(23)28(33)37-36-21)26(32)27(19)34-30(35-29)40-13-18(14-40)38(3)4/h5-6,9-10,16-18H,1,7-8,11-14H2,2-4H3,(H3,33,36,37)/t16-,17+. The van der Waals surface area contributed by atoms with Crippen molar-refractivity contribution >= 4 is 56.9 Å². The lowest BCUT2D eigenvalue weighted by molar-refractivity contribution is -0.126. The molecule has 0 saturated carbocycles. The van der Waals surface area contributed by atoms with Crippen molar-refractivity contribution in [2.75, 3.05) is 55.8 Å². The summed E-state index contributed by atoms with van der Waals surface area (Å²) in [6.07, 6.45) is 3.19. The van der Waals surface area contributed by atoms with Gasteiger partial charge in [0.15, 0.2) is 11.6 Å². The molecule has 0 aliphatic carbocycles. The molecule has 42 heavy (non-hydrogen) atoms. The maximum atomic E-state index is 16.9. The Hall–Kier alpha value is -3.96. The number of likely N-dealkylation sites (tertiary alicyclic amines) is 1. The number of hydrogen-bond acceptors (Lipinski definition) is 8. The summed E-state index contributed by atoms with van der Waals surface area (Å²) in [6.45, 7) is 8.18. The Balaban J connectivity index is 1.42. The van der Waals surface area contributed by atoms with Crippen molar-refractivity contribution in [1.29, 1.82) is 0 Å². The molecule has 2 bridgehead atoms. The second kappa shape index (κ2) is 9.81. The van der Waals surface area contributed by atoms with E-state index in [1.807, 2.05) is 24.0 Å². The van der Waals surface area contributed by atoms with Crippen LogP contribution in [0.15, 0.2) is 30.9 Å². The van der Waals surface area contributed by atoms with Crippen molar-refractivity contribution in [2.45, 2.75) is 37.9 Å². The lowest BCUT2D eigenvalue weighted by atomic mass is 9.94. The van der Waals surface area contributed by atoms with Crippen LogP contribution in [0.1, 0.15) is 18.4 Å². The van der Waals surface area contributed by atoms with Gasteiger partial charge in [-0.3, -0.25) is 9.89 Å². The third kappa shape index (κ3) is 4.01. The highest BCUT2D eigenvalue weighted by atomic mass is 35.5. The molecule has 2 aromatic heterocycles. The highest BCUT2D eigenvalue weighted by Gasteiger charge is 2.43. The normalized spacial score (nSPS) is 20.7. The van der Waals surface area contributed by atoms with Crippen LogP contribution in [0, 0.1) is 12.7 Å². The number of likely N-dealkylation sites (N-methyl/N-ethyl adjacent to an activating group) is 1. The highest BCUT2D eigenvalue weighted by molar-refractivity contribution is 6.35. The Morgan fingerprint density at radius 1 is 1.17 bits per heavy atom. The molecule has 5 heterocycles. The lowest BCUT2D eigenvalue weighted by Gasteiger charge is -2.44. The lowest BCUT2D eigenvalue weighted by Crippen LogP contribution is -2.58. The van der Waals surface area contributed by atoms with Gasteiger partial charge in [-0.15, -0.1) is 0 Å². The summed E-state index contributed by atoms with van der Waals surface area (Å²) in [4.78, 5) is 30.7. The van der Waals surface area contributed by atoms with Gasteiger partial charge in [-0.2, -0.15) is 10.1 Å². The monoisotopic (exact) mass is 589 g/mol. The Labute approximate surface area is 247 Å². The number of fused-ring (bicyclic) bond motifs is 4. The molecule has 0 spiro atoms. The van der Waals surface area contributed by atoms with E-state index in [2.05, 4.69) is 45.6 Å². The summed E-state index contributed by atoms with van der Waals surface area (Å²) in [5.41, 5.74) is 8.82. The molecule has 2 aromatic carbocycles. The van der Waals surface area contributed by atoms with Crippen molar-refractivity contribution in [3.05, 3.63) is 47.3 Å². The predicted molar refractivity (Wildman–Crippen MR) is 164 cm³/mol. The molecule has 7 rings (SSSR count). The van der Waals surface area contributed by atoms with E-state index in [1.165, 1.54) is 6.08 Å². The van der Waals surface area contributed by atoms with E-state index in [0.29, 0.717) is 52.8 Å². The van der Waals surface area contributed by atoms with Crippen LogP contribution in [-0.4, -0.2) is 94.3 Å². The molecule has 0 radical (unpaired) electrons. The number of rotatable bonds is 5. The minimum atomic E-state index is -0.517. The number of benzene rings is 2. The van der Waals surface area contributed by atoms with Crippen LogP contribution in [0.4, 0.5) is 22.0 Å². The van der Waals surface area contributed by atoms with Gasteiger partial charge in [0.2, 0.25) is 11.9 Å². The van der Waals surface area contributed by atoms with Gasteiger partial charge in [-0.05, 0) is 57.6 Å². The van der Waals surface area contributed by atoms with Crippen LogP contribution in [0.25, 0.3) is 32.9 Å². The number of aromatic nitrogens is 4. The topological polar surface area (TPSA) is 111 Å². The number of nitrogens with one attached hydrogen (secondary N) is 1. The molecule has 3 aliphatic rings. The van der Waals surface area contributed by atoms with Crippen LogP contribution >= 0.6 is 11.6 Å². The zero-order chi connectivity index (χ0) is 29.4. The van der Waals surface area contributed by atoms with Gasteiger partial charge in [0.25, 0.3) is 0 Å². The van der Waals surface area contributed by atoms with Crippen molar-refractivity contribution in [2.24, 2.45) is 0 Å². The largest absolute Gasteiger partial charge is 0.382 e. The first-order valence-corrected chi connectivity index (χ1v) is 14.6. The van der Waals surface area contributed by atoms with Gasteiger partial charge < -0.3 is 25.3 Å². The van der Waals surface area contributed by atoms with Crippen molar-refractivity contribution in [3.8, 4) is 11.1 Å². The Bertz CT molecular complexity index is 1750. The first-order chi connectivity index (χ1) is 20.2. The Morgan fingerprint density at radius 3 is 2.55 bits per heavy atom. The van der Waals surface area contributed by atoms with Gasteiger partial charge in [-0.1, -0.05) is 24.2 Å². The maximum absolute atomic E-state index is 16.9. The first kappa shape index (κ1) is 26.9. The maximum Gasteiger partial charge on any atom is 0.246 e. The number of H-pyrrole nitrogens is 1. The van der Waals surface area contributed by atoms with Crippen LogP contribution in [0.5, 0.6) is 0 Å². The van der Waals surface area contributed by atoms with Crippen molar-refractivity contribution in [3.63, 3.8) is 0 Å². The van der Waals surface area contributed by atoms with Crippen LogP contribution in [0.2, 0.25) is 5.02 Å². The number of nitrogen functional groups attached to an aromatic ring is 1. The summed E-state index contributed by atoms with van der Waals surface area (Å²) in [7, 11) is 4.10. The molecular weight excluding hydrogens is 557 g/mol. The van der Waals surface area contributed by atoms with Crippen molar-refractivity contribution < 1.29 is 9.18 Å². The predicted octanol–water partition coefficient (Wildman–Crippen LogP) is 3.97. The molecule has 12 heteroatoms. The van der Waals surface area contributed by atoms with E-state index in [-0.39, 0.29) is 39.9 Å². The number of nitrogens with zero attached hydrogens (tertiary/aromatic N) is 7. The molecule has 218 valence electrons. The third-order valence-corrected chi connectivity index (χ3v) is 9.45. The number of nitrogens with two attached hydrogens (primary N) is 1. The number of anilines is 3. The number of carbonyl (C=O) groups is 1. The summed E-state index contributed by atoms with van der Waals surface area (Å²) >= 11 is 6.95. The molecule has 3 N–H and O–H groups in total. The van der Waals surface area contributed by atoms with E-state index in [1.54, 1.807) is 6.07 Å². The van der Waals surface area contributed by atoms with E-state index in [0.717, 1.165) is 31.5 Å². The molecule has 0 unspecified atom stereocenters. The van der Waals surface area contributed by atoms with E-state index in [4.69, 9.17) is 27.3 Å². The summed E-state index contributed by atoms with van der Waals surface area (Å²) in [5.74, 6) is 0.839. The fourth-order valence-corrected chi connectivity index (χ4v) is 7.09. The third-order valence-electron chi connectivity index (χ3n) is 9.16. The van der Waals surface area contributed by atoms with Crippen LogP contribution in [0.3, 0.4) is 0 Å². The number of aryl methyl sites for hydroxylation is 1. The van der Waals surface area contributed by atoms with Gasteiger partial charge in [0.1, 0.15) is 11.3 Å². The minimum absolute atomic E-state index is 0.0488. The van der Waals surface area contributed by atoms with Gasteiger partial charge in [-0.25, -0.2) is 9.37 Å². The fourth-order valence-electron chi connectivity index (χ4n) is 6.80. The molecule has 4 aromatic rings. The highest BCUT2D eigenvalue weighted by Crippen LogP contribution is 2.45. The summed E-state index contributed by atoms with van der Waals surface area (Å²) < 4.78 is 16.9. The number of carbonyl (C=O) groups excluding carboxylic acids is 1. The summed E-state index contributed by atoms with van der Waals surface area (Å²) in [5, 5.41) is 8.51. The molecule has 3 fully saturated rings. The van der Waals surface area contributed by atoms with E-state index < -0.39 is 5.82 Å². The SMILES string of the molecule is C=CC(=O)N1C[C@H]2CC[C@@H](C1)N2c1nc(N2CC(N(C)C)C2)nc2c(F)c(-c3c(C)ccc4[nH]nc(N)c34)c(Cl)cc12. The second-order valence-corrected chi connectivity index (χ2v) is 12.2. The molecule has 2 atom stereocenters. The number of piperazine rings is 1. The molecule has 3 saturated heterocycles. The number of halogens is 2. The van der Waals surface area contributed by atoms with E-state index in [9.17, 15) is 4.79 Å². The Kier molecular flexibility index (Phi) is 6.28. The zero-order valence-corrected chi connectivity index (χ0v) is 24.6. The van der Waals surface area contributed by atoms with Crippen LogP contribution in [-0.2, 0) is 4.79 Å². The number of hydrogen-bond donors (Lipinski definition) is 2. The first-order valence-electron chi connectivity index (χ1n) is 14.2. The van der Waals surface area contributed by atoms with Crippen LogP contribution < -0.4 is 15.5 Å². The average molecular weight is 590 g/mol. The fraction of sp³-hybridized carbons (Fsp3) is 0.400. The van der Waals surface area contributed by atoms with Gasteiger partial charge in [0, 0.05) is 60.8 Å². The molecule has 1 amide bonds. The number of aromatic amines is 1. The zero-order valence-electron chi connectivity index (χ0n) is 23.9. The molecule has 10 nitrogen and oxygen atoms in total. The second-order valence-electron chi connectivity index (χ2n) is 11.8. The average Bonchev–Trinajstić information content (AvgIpc) is 3.43. The van der Waals surface area contributed by atoms with Gasteiger partial charge in [0.05, 0.1) is 15.9 Å². The van der Waals surface area contributed by atoms with E-state index >= 15 is 4.39 Å². The van der Waals surface area contributed by atoms with Crippen molar-refractivity contribution in [1.82, 2.24) is 30.0 Å². The summed E-state index contributed by atoms with van der Waals surface area (Å²) in [6, 6.07) is 6.02. The molecular formula is C30H33ClFN9O. The quantitative estimate of drug-likeness (QED) is 0.337.